The van der Waals surface area contributed by atoms with Gasteiger partial charge in [0, 0.05) is 38.4 Å². The quantitative estimate of drug-likeness (QED) is 0.273. The monoisotopic (exact) mass is 527 g/mol. The highest BCUT2D eigenvalue weighted by Gasteiger charge is 2.17. The van der Waals surface area contributed by atoms with Crippen LogP contribution in [-0.4, -0.2) is 47.0 Å². The zero-order valence-corrected chi connectivity index (χ0v) is 22.5. The van der Waals surface area contributed by atoms with Gasteiger partial charge in [-0.15, -0.1) is 0 Å². The topological polar surface area (TPSA) is 61.4 Å². The van der Waals surface area contributed by atoms with Gasteiger partial charge in [-0.05, 0) is 52.9 Å². The van der Waals surface area contributed by atoms with Crippen molar-refractivity contribution in [3.63, 3.8) is 0 Å². The molecule has 1 aromatic heterocycles. The van der Waals surface area contributed by atoms with Crippen molar-refractivity contribution in [3.8, 4) is 11.1 Å². The van der Waals surface area contributed by atoms with Crippen LogP contribution >= 0.6 is 0 Å². The van der Waals surface area contributed by atoms with Crippen LogP contribution in [-0.2, 0) is 17.8 Å². The van der Waals surface area contributed by atoms with Gasteiger partial charge >= 0.3 is 0 Å². The summed E-state index contributed by atoms with van der Waals surface area (Å²) in [6.45, 7) is 4.98. The van der Waals surface area contributed by atoms with Gasteiger partial charge < -0.3 is 10.2 Å². The van der Waals surface area contributed by atoms with Crippen molar-refractivity contribution in [1.82, 2.24) is 14.9 Å². The molecule has 1 N–H and O–H groups in total. The molecule has 1 amide bonds. The van der Waals surface area contributed by atoms with Crippen LogP contribution in [0.4, 0.5) is 11.5 Å². The molecule has 6 nitrogen and oxygen atoms in total. The van der Waals surface area contributed by atoms with E-state index in [1.54, 1.807) is 0 Å². The molecule has 200 valence electrons. The highest BCUT2D eigenvalue weighted by atomic mass is 16.1. The zero-order valence-electron chi connectivity index (χ0n) is 22.5. The molecule has 40 heavy (non-hydrogen) atoms. The van der Waals surface area contributed by atoms with E-state index in [0.717, 1.165) is 78.4 Å². The minimum absolute atomic E-state index is 0.0239. The van der Waals surface area contributed by atoms with Gasteiger partial charge in [-0.3, -0.25) is 14.7 Å². The van der Waals surface area contributed by atoms with E-state index in [9.17, 15) is 4.79 Å². The number of hydrogen-bond donors (Lipinski definition) is 1. The molecule has 1 fully saturated rings. The van der Waals surface area contributed by atoms with Crippen LogP contribution in [0, 0.1) is 0 Å². The van der Waals surface area contributed by atoms with Crippen LogP contribution in [0.15, 0.2) is 109 Å². The largest absolute Gasteiger partial charge is 0.354 e. The summed E-state index contributed by atoms with van der Waals surface area (Å²) in [6.07, 6.45) is 3.36. The summed E-state index contributed by atoms with van der Waals surface area (Å²) in [6, 6.07) is 34.6. The molecule has 0 unspecified atom stereocenters. The van der Waals surface area contributed by atoms with E-state index in [-0.39, 0.29) is 5.91 Å². The fourth-order valence-corrected chi connectivity index (χ4v) is 5.27. The van der Waals surface area contributed by atoms with Crippen LogP contribution in [0.25, 0.3) is 22.2 Å². The smallest absolute Gasteiger partial charge is 0.228 e. The maximum absolute atomic E-state index is 12.4. The molecule has 6 heteroatoms. The normalized spacial score (nSPS) is 14.2. The summed E-state index contributed by atoms with van der Waals surface area (Å²) < 4.78 is 0. The standard InChI is InChI=1S/C34H33N5O/c40-34(22-26-8-3-1-4-9-26)36-30-15-12-28(13-16-30)29-14-17-31-32(23-29)37-33(24-35-31)39-19-7-18-38(20-21-39)25-27-10-5-2-6-11-27/h1-6,8-17,23-24H,7,18-22,25H2,(H,36,40). The number of rotatable bonds is 7. The van der Waals surface area contributed by atoms with E-state index in [2.05, 4.69) is 57.6 Å². The molecule has 0 aliphatic carbocycles. The molecule has 4 aromatic carbocycles. The Kier molecular flexibility index (Phi) is 7.78. The number of amides is 1. The Morgan fingerprint density at radius 1 is 0.725 bits per heavy atom. The van der Waals surface area contributed by atoms with Crippen molar-refractivity contribution in [3.05, 3.63) is 120 Å². The van der Waals surface area contributed by atoms with Crippen molar-refractivity contribution in [1.29, 1.82) is 0 Å². The summed E-state index contributed by atoms with van der Waals surface area (Å²) >= 11 is 0. The summed E-state index contributed by atoms with van der Waals surface area (Å²) in [5.74, 6) is 0.909. The van der Waals surface area contributed by atoms with Gasteiger partial charge in [0.15, 0.2) is 0 Å². The Labute approximate surface area is 235 Å². The first kappa shape index (κ1) is 25.7. The average molecular weight is 528 g/mol. The molecule has 1 aliphatic heterocycles. The molecule has 1 saturated heterocycles. The Balaban J connectivity index is 1.12. The fraction of sp³-hybridized carbons (Fsp3) is 0.206. The third-order valence-electron chi connectivity index (χ3n) is 7.40. The number of carbonyl (C=O) groups is 1. The van der Waals surface area contributed by atoms with Gasteiger partial charge in [-0.1, -0.05) is 78.9 Å². The number of hydrogen-bond acceptors (Lipinski definition) is 5. The molecule has 0 saturated carbocycles. The predicted molar refractivity (Wildman–Crippen MR) is 162 cm³/mol. The lowest BCUT2D eigenvalue weighted by molar-refractivity contribution is -0.115. The van der Waals surface area contributed by atoms with Crippen LogP contribution in [0.2, 0.25) is 0 Å². The zero-order chi connectivity index (χ0) is 27.1. The second-order valence-electron chi connectivity index (χ2n) is 10.3. The van der Waals surface area contributed by atoms with Crippen LogP contribution in [0.3, 0.4) is 0 Å². The van der Waals surface area contributed by atoms with Crippen LogP contribution < -0.4 is 10.2 Å². The number of carbonyl (C=O) groups excluding carboxylic acids is 1. The van der Waals surface area contributed by atoms with Crippen molar-refractivity contribution in [2.24, 2.45) is 0 Å². The first-order valence-corrected chi connectivity index (χ1v) is 13.9. The highest BCUT2D eigenvalue weighted by molar-refractivity contribution is 5.92. The Morgan fingerprint density at radius 3 is 2.23 bits per heavy atom. The molecule has 0 spiro atoms. The highest BCUT2D eigenvalue weighted by Crippen LogP contribution is 2.26. The van der Waals surface area contributed by atoms with Crippen molar-refractivity contribution >= 4 is 28.4 Å². The first-order valence-electron chi connectivity index (χ1n) is 13.9. The second-order valence-corrected chi connectivity index (χ2v) is 10.3. The lowest BCUT2D eigenvalue weighted by atomic mass is 10.0. The van der Waals surface area contributed by atoms with Crippen molar-refractivity contribution in [2.75, 3.05) is 36.4 Å². The summed E-state index contributed by atoms with van der Waals surface area (Å²) in [7, 11) is 0. The SMILES string of the molecule is O=C(Cc1ccccc1)Nc1ccc(-c2ccc3ncc(N4CCCN(Cc5ccccc5)CC4)nc3c2)cc1. The third kappa shape index (κ3) is 6.35. The van der Waals surface area contributed by atoms with E-state index < -0.39 is 0 Å². The molecular weight excluding hydrogens is 494 g/mol. The Hall–Kier alpha value is -4.55. The average Bonchev–Trinajstić information content (AvgIpc) is 3.23. The van der Waals surface area contributed by atoms with Gasteiger partial charge in [0.25, 0.3) is 0 Å². The number of nitrogens with zero attached hydrogens (tertiary/aromatic N) is 4. The van der Waals surface area contributed by atoms with Crippen LogP contribution in [0.5, 0.6) is 0 Å². The molecule has 1 aliphatic rings. The van der Waals surface area contributed by atoms with Crippen LogP contribution in [0.1, 0.15) is 17.5 Å². The van der Waals surface area contributed by atoms with E-state index in [4.69, 9.17) is 9.97 Å². The fourth-order valence-electron chi connectivity index (χ4n) is 5.27. The minimum atomic E-state index is -0.0239. The first-order chi connectivity index (χ1) is 19.7. The van der Waals surface area contributed by atoms with Gasteiger partial charge in [0.05, 0.1) is 23.7 Å². The predicted octanol–water partition coefficient (Wildman–Crippen LogP) is 6.19. The summed E-state index contributed by atoms with van der Waals surface area (Å²) in [5, 5.41) is 2.99. The number of benzene rings is 4. The van der Waals surface area contributed by atoms with Gasteiger partial charge in [0.1, 0.15) is 5.82 Å². The van der Waals surface area contributed by atoms with E-state index in [0.29, 0.717) is 6.42 Å². The molecular formula is C34H33N5O. The maximum atomic E-state index is 12.4. The number of aromatic nitrogens is 2. The van der Waals surface area contributed by atoms with Gasteiger partial charge in [-0.2, -0.15) is 0 Å². The Bertz CT molecular complexity index is 1570. The molecule has 2 heterocycles. The summed E-state index contributed by atoms with van der Waals surface area (Å²) in [4.78, 5) is 27.1. The maximum Gasteiger partial charge on any atom is 0.228 e. The summed E-state index contributed by atoms with van der Waals surface area (Å²) in [5.41, 5.74) is 7.07. The van der Waals surface area contributed by atoms with Crippen molar-refractivity contribution < 1.29 is 4.79 Å². The van der Waals surface area contributed by atoms with E-state index in [1.807, 2.05) is 66.9 Å². The molecule has 5 aromatic rings. The number of nitrogens with one attached hydrogen (secondary N) is 1. The lowest BCUT2D eigenvalue weighted by Crippen LogP contribution is -2.31. The van der Waals surface area contributed by atoms with E-state index >= 15 is 0 Å². The molecule has 6 rings (SSSR count). The van der Waals surface area contributed by atoms with Gasteiger partial charge in [0.2, 0.25) is 5.91 Å². The Morgan fingerprint density at radius 2 is 1.45 bits per heavy atom. The third-order valence-corrected chi connectivity index (χ3v) is 7.40. The minimum Gasteiger partial charge on any atom is -0.354 e. The molecule has 0 atom stereocenters. The second kappa shape index (κ2) is 12.1. The molecule has 0 bridgehead atoms. The number of fused-ring (bicyclic) bond motifs is 1. The van der Waals surface area contributed by atoms with Crippen molar-refractivity contribution in [2.45, 2.75) is 19.4 Å². The lowest BCUT2D eigenvalue weighted by Gasteiger charge is -2.22. The van der Waals surface area contributed by atoms with E-state index in [1.165, 1.54) is 5.56 Å². The van der Waals surface area contributed by atoms with Gasteiger partial charge in [-0.25, -0.2) is 4.98 Å². The molecule has 0 radical (unpaired) electrons. The number of anilines is 2.